The van der Waals surface area contributed by atoms with E-state index >= 15 is 0 Å². The molecule has 2 N–H and O–H groups in total. The van der Waals surface area contributed by atoms with Crippen LogP contribution in [0.25, 0.3) is 22.0 Å². The first-order valence-electron chi connectivity index (χ1n) is 14.1. The van der Waals surface area contributed by atoms with Crippen LogP contribution in [0.5, 0.6) is 0 Å². The van der Waals surface area contributed by atoms with Gasteiger partial charge in [0.2, 0.25) is 0 Å². The average Bonchev–Trinajstić information content (AvgIpc) is 3.21. The molecule has 0 aliphatic rings. The molecule has 0 aliphatic heterocycles. The first kappa shape index (κ1) is 27.9. The van der Waals surface area contributed by atoms with E-state index in [1.807, 2.05) is 61.5 Å². The number of carboxylic acids is 1. The topological polar surface area (TPSA) is 71.3 Å². The Labute approximate surface area is 241 Å². The predicted molar refractivity (Wildman–Crippen MR) is 166 cm³/mol. The molecule has 208 valence electrons. The van der Waals surface area contributed by atoms with Gasteiger partial charge in [0.25, 0.3) is 5.91 Å². The minimum Gasteiger partial charge on any atom is -0.478 e. The lowest BCUT2D eigenvalue weighted by atomic mass is 9.98. The largest absolute Gasteiger partial charge is 0.478 e. The molecule has 0 saturated heterocycles. The van der Waals surface area contributed by atoms with Crippen molar-refractivity contribution in [3.8, 4) is 11.1 Å². The van der Waals surface area contributed by atoms with Gasteiger partial charge < -0.3 is 15.0 Å². The normalized spacial score (nSPS) is 12.0. The Bertz CT molecular complexity index is 1750. The summed E-state index contributed by atoms with van der Waals surface area (Å²) in [7, 11) is 0. The molecule has 5 aromatic rings. The maximum atomic E-state index is 13.2. The van der Waals surface area contributed by atoms with Crippen LogP contribution in [-0.2, 0) is 6.54 Å². The zero-order valence-electron chi connectivity index (χ0n) is 24.2. The van der Waals surface area contributed by atoms with E-state index in [-0.39, 0.29) is 11.9 Å². The quantitative estimate of drug-likeness (QED) is 0.206. The van der Waals surface area contributed by atoms with Crippen LogP contribution in [0.3, 0.4) is 0 Å². The molecule has 0 bridgehead atoms. The van der Waals surface area contributed by atoms with Crippen LogP contribution in [-0.4, -0.2) is 21.6 Å². The summed E-state index contributed by atoms with van der Waals surface area (Å²) in [6.45, 7) is 11.2. The van der Waals surface area contributed by atoms with Gasteiger partial charge in [-0.05, 0) is 84.3 Å². The molecular weight excluding hydrogens is 508 g/mol. The number of nitrogens with one attached hydrogen (secondary N) is 1. The summed E-state index contributed by atoms with van der Waals surface area (Å²) in [4.78, 5) is 24.9. The molecule has 5 nitrogen and oxygen atoms in total. The van der Waals surface area contributed by atoms with E-state index in [9.17, 15) is 14.7 Å². The first-order chi connectivity index (χ1) is 19.6. The van der Waals surface area contributed by atoms with Gasteiger partial charge in [-0.25, -0.2) is 4.79 Å². The molecular formula is C36H36N2O3. The van der Waals surface area contributed by atoms with Crippen molar-refractivity contribution in [3.63, 3.8) is 0 Å². The fourth-order valence-electron chi connectivity index (χ4n) is 5.44. The Morgan fingerprint density at radius 3 is 2.24 bits per heavy atom. The van der Waals surface area contributed by atoms with Crippen molar-refractivity contribution in [3.05, 3.63) is 130 Å². The van der Waals surface area contributed by atoms with Gasteiger partial charge in [-0.15, -0.1) is 0 Å². The van der Waals surface area contributed by atoms with Crippen LogP contribution < -0.4 is 5.32 Å². The van der Waals surface area contributed by atoms with Gasteiger partial charge in [0.05, 0.1) is 11.6 Å². The summed E-state index contributed by atoms with van der Waals surface area (Å²) in [5.41, 5.74) is 9.37. The SMILES string of the molecule is Cc1c(C)n(Cc2ccc(-c3ccccc3C(=O)O)cc2)c2ccc(C(=O)NC(C)c3cccc(C(C)C)c3)cc12. The molecule has 0 saturated carbocycles. The third kappa shape index (κ3) is 5.66. The zero-order chi connectivity index (χ0) is 29.3. The van der Waals surface area contributed by atoms with Crippen molar-refractivity contribution in [2.45, 2.75) is 53.1 Å². The lowest BCUT2D eigenvalue weighted by Crippen LogP contribution is -2.26. The maximum Gasteiger partial charge on any atom is 0.336 e. The van der Waals surface area contributed by atoms with Gasteiger partial charge in [0.1, 0.15) is 0 Å². The average molecular weight is 545 g/mol. The van der Waals surface area contributed by atoms with Gasteiger partial charge in [0, 0.05) is 28.7 Å². The molecule has 0 fully saturated rings. The second kappa shape index (κ2) is 11.5. The summed E-state index contributed by atoms with van der Waals surface area (Å²) in [5, 5.41) is 13.8. The van der Waals surface area contributed by atoms with Gasteiger partial charge in [-0.2, -0.15) is 0 Å². The Hall–Kier alpha value is -4.64. The molecule has 1 amide bonds. The molecule has 0 aliphatic carbocycles. The molecule has 4 aromatic carbocycles. The number of carbonyl (C=O) groups excluding carboxylic acids is 1. The minimum atomic E-state index is -0.933. The highest BCUT2D eigenvalue weighted by Crippen LogP contribution is 2.29. The summed E-state index contributed by atoms with van der Waals surface area (Å²) in [6.07, 6.45) is 0. The zero-order valence-corrected chi connectivity index (χ0v) is 24.2. The van der Waals surface area contributed by atoms with Crippen molar-refractivity contribution in [2.24, 2.45) is 0 Å². The molecule has 5 heteroatoms. The van der Waals surface area contributed by atoms with Crippen LogP contribution in [0.15, 0.2) is 91.0 Å². The summed E-state index contributed by atoms with van der Waals surface area (Å²) >= 11 is 0. The number of aryl methyl sites for hydroxylation is 1. The van der Waals surface area contributed by atoms with E-state index in [1.165, 1.54) is 5.56 Å². The summed E-state index contributed by atoms with van der Waals surface area (Å²) in [6, 6.07) is 29.3. The highest BCUT2D eigenvalue weighted by atomic mass is 16.4. The number of aromatic carboxylic acids is 1. The van der Waals surface area contributed by atoms with Crippen molar-refractivity contribution >= 4 is 22.8 Å². The van der Waals surface area contributed by atoms with Crippen LogP contribution in [0.1, 0.15) is 81.4 Å². The second-order valence-electron chi connectivity index (χ2n) is 11.1. The van der Waals surface area contributed by atoms with Crippen LogP contribution in [0.4, 0.5) is 0 Å². The monoisotopic (exact) mass is 544 g/mol. The van der Waals surface area contributed by atoms with Crippen molar-refractivity contribution in [1.29, 1.82) is 0 Å². The van der Waals surface area contributed by atoms with E-state index in [4.69, 9.17) is 0 Å². The number of amides is 1. The van der Waals surface area contributed by atoms with E-state index in [0.29, 0.717) is 29.2 Å². The molecule has 1 heterocycles. The van der Waals surface area contributed by atoms with Gasteiger partial charge >= 0.3 is 5.97 Å². The van der Waals surface area contributed by atoms with Crippen molar-refractivity contribution < 1.29 is 14.7 Å². The highest BCUT2D eigenvalue weighted by molar-refractivity contribution is 5.99. The van der Waals surface area contributed by atoms with E-state index in [0.717, 1.165) is 38.9 Å². The third-order valence-corrected chi connectivity index (χ3v) is 8.09. The smallest absolute Gasteiger partial charge is 0.336 e. The molecule has 0 spiro atoms. The molecule has 1 unspecified atom stereocenters. The molecule has 1 aromatic heterocycles. The number of carboxylic acid groups (broad SMARTS) is 1. The van der Waals surface area contributed by atoms with Crippen LogP contribution in [0, 0.1) is 13.8 Å². The number of rotatable bonds is 8. The van der Waals surface area contributed by atoms with Gasteiger partial charge in [-0.3, -0.25) is 4.79 Å². The van der Waals surface area contributed by atoms with E-state index in [2.05, 4.69) is 61.8 Å². The number of benzene rings is 4. The maximum absolute atomic E-state index is 13.2. The minimum absolute atomic E-state index is 0.0867. The number of fused-ring (bicyclic) bond motifs is 1. The number of hydrogen-bond donors (Lipinski definition) is 2. The molecule has 0 radical (unpaired) electrons. The fraction of sp³-hybridized carbons (Fsp3) is 0.222. The number of carbonyl (C=O) groups is 2. The summed E-state index contributed by atoms with van der Waals surface area (Å²) < 4.78 is 2.27. The Morgan fingerprint density at radius 1 is 0.829 bits per heavy atom. The lowest BCUT2D eigenvalue weighted by Gasteiger charge is -2.16. The Morgan fingerprint density at radius 2 is 1.54 bits per heavy atom. The van der Waals surface area contributed by atoms with Gasteiger partial charge in [-0.1, -0.05) is 80.6 Å². The molecule has 41 heavy (non-hydrogen) atoms. The predicted octanol–water partition coefficient (Wildman–Crippen LogP) is 8.29. The standard InChI is InChI=1S/C36H36N2O3/c1-22(2)28-9-8-10-29(19-28)24(4)37-35(39)30-17-18-34-33(20-30)23(3)25(5)38(34)21-26-13-15-27(16-14-26)31-11-6-7-12-32(31)36(40)41/h6-20,22,24H,21H2,1-5H3,(H,37,39)(H,40,41). The number of hydrogen-bond acceptors (Lipinski definition) is 2. The third-order valence-electron chi connectivity index (χ3n) is 8.09. The second-order valence-corrected chi connectivity index (χ2v) is 11.1. The van der Waals surface area contributed by atoms with Crippen LogP contribution >= 0.6 is 0 Å². The molecule has 5 rings (SSSR count). The van der Waals surface area contributed by atoms with Crippen molar-refractivity contribution in [2.75, 3.05) is 0 Å². The molecule has 1 atom stereocenters. The summed E-state index contributed by atoms with van der Waals surface area (Å²) in [5.74, 6) is -0.587. The van der Waals surface area contributed by atoms with Crippen molar-refractivity contribution in [1.82, 2.24) is 9.88 Å². The van der Waals surface area contributed by atoms with Crippen LogP contribution in [0.2, 0.25) is 0 Å². The Kier molecular flexibility index (Phi) is 7.80. The highest BCUT2D eigenvalue weighted by Gasteiger charge is 2.17. The van der Waals surface area contributed by atoms with E-state index in [1.54, 1.807) is 12.1 Å². The number of aromatic nitrogens is 1. The fourth-order valence-corrected chi connectivity index (χ4v) is 5.44. The van der Waals surface area contributed by atoms with E-state index < -0.39 is 5.97 Å². The number of nitrogens with zero attached hydrogens (tertiary/aromatic N) is 1. The first-order valence-corrected chi connectivity index (χ1v) is 14.1. The lowest BCUT2D eigenvalue weighted by molar-refractivity contribution is 0.0697. The van der Waals surface area contributed by atoms with Gasteiger partial charge in [0.15, 0.2) is 0 Å². The Balaban J connectivity index is 1.37.